The van der Waals surface area contributed by atoms with E-state index < -0.39 is 29.4 Å². The van der Waals surface area contributed by atoms with Gasteiger partial charge in [0.25, 0.3) is 0 Å². The lowest BCUT2D eigenvalue weighted by Gasteiger charge is -2.59. The second-order valence-corrected chi connectivity index (χ2v) is 17.7. The standard InChI is InChI=1S/C50H65ClN2O10/c1-5-28-60-50-45(53(24-30-58-31-27-56)48(57)59-29-23-51)34-43(52-63-49(2,3)4)41-32-37(15-9-11-25-54)40(16-10-12-26-55)46(47(41)50)42-33-39(21-22-44(42)62-50)61-38-19-17-36(18-20-38)35-13-7-6-8-14-35/h5-8,13-14,17-22,32-33,37,40,45-47,54-56H,1,9-12,15-16,23-31,34H2,2-4H3. The molecular formula is C50H65ClN2O10. The van der Waals surface area contributed by atoms with Crippen molar-refractivity contribution in [2.45, 2.75) is 89.1 Å². The second-order valence-electron chi connectivity index (χ2n) is 17.3. The number of aliphatic hydroxyl groups is 3. The molecule has 0 bridgehead atoms. The van der Waals surface area contributed by atoms with Crippen LogP contribution in [-0.2, 0) is 19.0 Å². The molecule has 3 aromatic carbocycles. The van der Waals surface area contributed by atoms with E-state index in [0.717, 1.165) is 47.9 Å². The topological polar surface area (TPSA) is 149 Å². The Hall–Kier alpha value is -4.43. The van der Waals surface area contributed by atoms with Gasteiger partial charge >= 0.3 is 6.09 Å². The third kappa shape index (κ3) is 11.8. The number of carbonyl (C=O) groups excluding carboxylic acids is 1. The number of fused-ring (bicyclic) bond motifs is 2. The van der Waals surface area contributed by atoms with Crippen LogP contribution in [0.5, 0.6) is 17.2 Å². The number of oxime groups is 1. The number of aliphatic hydroxyl groups excluding tert-OH is 3. The molecule has 6 atom stereocenters. The van der Waals surface area contributed by atoms with Gasteiger partial charge in [0.05, 0.1) is 43.9 Å². The molecule has 0 saturated heterocycles. The number of benzene rings is 3. The van der Waals surface area contributed by atoms with E-state index in [2.05, 4.69) is 30.9 Å². The quantitative estimate of drug-likeness (QED) is 0.0364. The number of rotatable bonds is 23. The highest BCUT2D eigenvalue weighted by molar-refractivity contribution is 6.18. The summed E-state index contributed by atoms with van der Waals surface area (Å²) >= 11 is 6.05. The summed E-state index contributed by atoms with van der Waals surface area (Å²) in [5, 5.41) is 34.3. The minimum absolute atomic E-state index is 0.0171. The molecule has 1 amide bonds. The van der Waals surface area contributed by atoms with Gasteiger partial charge in [-0.3, -0.25) is 4.90 Å². The van der Waals surface area contributed by atoms with Crippen LogP contribution in [-0.4, -0.2) is 108 Å². The van der Waals surface area contributed by atoms with Crippen LogP contribution in [0.4, 0.5) is 4.79 Å². The van der Waals surface area contributed by atoms with Crippen LogP contribution in [0.2, 0.25) is 0 Å². The fourth-order valence-corrected chi connectivity index (χ4v) is 9.38. The summed E-state index contributed by atoms with van der Waals surface area (Å²) in [7, 11) is 0. The minimum atomic E-state index is -1.49. The van der Waals surface area contributed by atoms with Crippen molar-refractivity contribution in [3.8, 4) is 28.4 Å². The zero-order chi connectivity index (χ0) is 44.8. The zero-order valence-corrected chi connectivity index (χ0v) is 37.7. The molecule has 0 spiro atoms. The van der Waals surface area contributed by atoms with E-state index in [9.17, 15) is 20.1 Å². The second kappa shape index (κ2) is 23.0. The molecule has 12 nitrogen and oxygen atoms in total. The number of amides is 1. The number of unbranched alkanes of at least 4 members (excludes halogenated alkanes) is 2. The third-order valence-electron chi connectivity index (χ3n) is 11.9. The first-order valence-electron chi connectivity index (χ1n) is 22.3. The number of carbonyl (C=O) groups is 1. The van der Waals surface area contributed by atoms with Crippen molar-refractivity contribution >= 4 is 23.4 Å². The number of hydrogen-bond donors (Lipinski definition) is 3. The van der Waals surface area contributed by atoms with Crippen molar-refractivity contribution in [1.29, 1.82) is 0 Å². The Kier molecular flexibility index (Phi) is 17.5. The number of halogens is 1. The molecule has 1 saturated carbocycles. The maximum Gasteiger partial charge on any atom is 0.410 e. The molecule has 1 fully saturated rings. The smallest absolute Gasteiger partial charge is 0.410 e. The third-order valence-corrected chi connectivity index (χ3v) is 12.1. The Morgan fingerprint density at radius 2 is 1.63 bits per heavy atom. The molecule has 3 aliphatic rings. The molecule has 3 aromatic rings. The Labute approximate surface area is 377 Å². The van der Waals surface area contributed by atoms with Gasteiger partial charge in [-0.2, -0.15) is 0 Å². The van der Waals surface area contributed by atoms with Gasteiger partial charge in [0, 0.05) is 37.7 Å². The predicted molar refractivity (Wildman–Crippen MR) is 244 cm³/mol. The highest BCUT2D eigenvalue weighted by atomic mass is 35.5. The van der Waals surface area contributed by atoms with Gasteiger partial charge in [-0.15, -0.1) is 18.2 Å². The van der Waals surface area contributed by atoms with E-state index >= 15 is 0 Å². The molecule has 2 aliphatic carbocycles. The fourth-order valence-electron chi connectivity index (χ4n) is 9.30. The van der Waals surface area contributed by atoms with Crippen molar-refractivity contribution in [2.24, 2.45) is 22.9 Å². The average molecular weight is 890 g/mol. The molecule has 6 unspecified atom stereocenters. The normalized spacial score (nSPS) is 23.2. The Balaban J connectivity index is 1.55. The van der Waals surface area contributed by atoms with Gasteiger partial charge in [0.1, 0.15) is 35.5 Å². The van der Waals surface area contributed by atoms with E-state index in [1.807, 2.05) is 75.4 Å². The molecule has 1 heterocycles. The first-order valence-corrected chi connectivity index (χ1v) is 22.9. The lowest BCUT2D eigenvalue weighted by atomic mass is 9.55. The summed E-state index contributed by atoms with van der Waals surface area (Å²) in [4.78, 5) is 22.1. The molecule has 3 N–H and O–H groups in total. The molecule has 63 heavy (non-hydrogen) atoms. The van der Waals surface area contributed by atoms with Gasteiger partial charge in [0.2, 0.25) is 5.79 Å². The SMILES string of the molecule is C=CCOC12Oc3ccc(Oc4ccc(-c5ccccc5)cc4)cc3C3C(CCCCO)C(CCCCO)C=C(C(=NOC(C)(C)C)CC1N(CCOCCO)C(=O)OCCCl)C32. The van der Waals surface area contributed by atoms with Gasteiger partial charge in [-0.1, -0.05) is 72.6 Å². The van der Waals surface area contributed by atoms with Crippen molar-refractivity contribution in [1.82, 2.24) is 4.90 Å². The van der Waals surface area contributed by atoms with E-state index in [-0.39, 0.29) is 82.8 Å². The molecule has 6 rings (SSSR count). The number of nitrogens with zero attached hydrogens (tertiary/aromatic N) is 2. The lowest BCUT2D eigenvalue weighted by Crippen LogP contribution is -2.70. The summed E-state index contributed by atoms with van der Waals surface area (Å²) in [5.74, 6) is -0.184. The van der Waals surface area contributed by atoms with Crippen molar-refractivity contribution < 1.29 is 48.6 Å². The Bertz CT molecular complexity index is 1990. The maximum absolute atomic E-state index is 14.3. The molecule has 342 valence electrons. The monoisotopic (exact) mass is 888 g/mol. The van der Waals surface area contributed by atoms with E-state index in [0.29, 0.717) is 35.8 Å². The van der Waals surface area contributed by atoms with Crippen LogP contribution in [0.15, 0.2) is 102 Å². The van der Waals surface area contributed by atoms with E-state index in [4.69, 9.17) is 45.3 Å². The molecular weight excluding hydrogens is 824 g/mol. The predicted octanol–water partition coefficient (Wildman–Crippen LogP) is 9.26. The first kappa shape index (κ1) is 48.0. The van der Waals surface area contributed by atoms with Crippen LogP contribution in [0, 0.1) is 17.8 Å². The number of allylic oxidation sites excluding steroid dienone is 1. The minimum Gasteiger partial charge on any atom is -0.459 e. The highest BCUT2D eigenvalue weighted by Crippen LogP contribution is 2.62. The highest BCUT2D eigenvalue weighted by Gasteiger charge is 2.65. The molecule has 13 heteroatoms. The van der Waals surface area contributed by atoms with Crippen molar-refractivity contribution in [3.05, 3.63) is 103 Å². The summed E-state index contributed by atoms with van der Waals surface area (Å²) in [6, 6.07) is 23.3. The lowest BCUT2D eigenvalue weighted by molar-refractivity contribution is -0.256. The van der Waals surface area contributed by atoms with Gasteiger partial charge < -0.3 is 43.8 Å². The average Bonchev–Trinajstić information content (AvgIpc) is 3.28. The van der Waals surface area contributed by atoms with Gasteiger partial charge in [0.15, 0.2) is 0 Å². The van der Waals surface area contributed by atoms with Crippen LogP contribution >= 0.6 is 11.6 Å². The number of alkyl halides is 1. The zero-order valence-electron chi connectivity index (χ0n) is 37.0. The van der Waals surface area contributed by atoms with Crippen LogP contribution in [0.3, 0.4) is 0 Å². The first-order chi connectivity index (χ1) is 30.6. The van der Waals surface area contributed by atoms with Crippen LogP contribution < -0.4 is 9.47 Å². The number of ether oxygens (including phenoxy) is 5. The van der Waals surface area contributed by atoms with Gasteiger partial charge in [-0.25, -0.2) is 4.79 Å². The summed E-state index contributed by atoms with van der Waals surface area (Å²) in [6.07, 6.45) is 8.03. The van der Waals surface area contributed by atoms with E-state index in [1.165, 1.54) is 0 Å². The maximum atomic E-state index is 14.3. The van der Waals surface area contributed by atoms with Gasteiger partial charge in [-0.05, 0) is 105 Å². The van der Waals surface area contributed by atoms with Crippen LogP contribution in [0.1, 0.15) is 77.2 Å². The summed E-state index contributed by atoms with van der Waals surface area (Å²) in [5.41, 5.74) is 4.07. The largest absolute Gasteiger partial charge is 0.459 e. The molecule has 0 aromatic heterocycles. The summed E-state index contributed by atoms with van der Waals surface area (Å²) in [6.45, 7) is 10.2. The Morgan fingerprint density at radius 1 is 0.921 bits per heavy atom. The number of hydrogen-bond acceptors (Lipinski definition) is 11. The molecule has 1 aliphatic heterocycles. The molecule has 0 radical (unpaired) electrons. The van der Waals surface area contributed by atoms with Crippen LogP contribution in [0.25, 0.3) is 11.1 Å². The Morgan fingerprint density at radius 3 is 2.32 bits per heavy atom. The van der Waals surface area contributed by atoms with E-state index in [1.54, 1.807) is 11.0 Å². The van der Waals surface area contributed by atoms with Crippen molar-refractivity contribution in [2.75, 3.05) is 58.7 Å². The summed E-state index contributed by atoms with van der Waals surface area (Å²) < 4.78 is 32.4. The van der Waals surface area contributed by atoms with Crippen molar-refractivity contribution in [3.63, 3.8) is 0 Å². The fraction of sp³-hybridized carbons (Fsp3) is 0.520.